The zero-order valence-electron chi connectivity index (χ0n) is 62.7. The van der Waals surface area contributed by atoms with Crippen molar-refractivity contribution in [3.8, 4) is 0 Å². The monoisotopic (exact) mass is 1800 g/mol. The summed E-state index contributed by atoms with van der Waals surface area (Å²) in [4.78, 5) is 62.5. The average Bonchev–Trinajstić information content (AvgIpc) is 1.83. The van der Waals surface area contributed by atoms with E-state index in [0.717, 1.165) is 66.1 Å². The predicted octanol–water partition coefficient (Wildman–Crippen LogP) is 19.8. The van der Waals surface area contributed by atoms with Crippen LogP contribution < -0.4 is 26.1 Å². The highest BCUT2D eigenvalue weighted by molar-refractivity contribution is 7.10. The Labute approximate surface area is 707 Å². The van der Waals surface area contributed by atoms with Crippen molar-refractivity contribution in [2.45, 2.75) is 109 Å². The molecule has 5 unspecified atom stereocenters. The normalized spacial score (nSPS) is 17.4. The maximum absolute atomic E-state index is 14.0. The molecule has 5 aliphatic heterocycles. The minimum atomic E-state index is -4.69. The molecule has 0 radical (unpaired) electrons. The molecule has 5 atom stereocenters. The zero-order chi connectivity index (χ0) is 85.9. The number of hydrogen-bond donors (Lipinski definition) is 6. The lowest BCUT2D eigenvalue weighted by atomic mass is 9.94. The van der Waals surface area contributed by atoms with E-state index >= 15 is 0 Å². The van der Waals surface area contributed by atoms with Gasteiger partial charge in [0.2, 0.25) is 6.08 Å². The standard InChI is InChI=1S/C23H19Cl2F3N4OS.C22H15Cl2F3N6O2.C15H10Cl2F3N3O2.C8H11NS.C7H7N3O.C2H3NO/c1-12-20(22(33)31-8-2-4-16(31)17-5-3-9-34-17)21(13-6-7-14(24)15(25)10-13)32-19(29-12)11-18(30-32)23(26,27)28;1-10-3-6-16-15(7-10)29-31-33(16)35-21(34)19-11(2)28-18-9-17(22(25,26)27)30-32(18)20(19)12-4-5-13(23)14(24)8-12;1-6-12(14(24)25)13(7-2-3-8(16)9(17)4-7)23-11(21-6)5-10(22-23)15(18,19)20;1-3-7(9-5-1)8-4-2-6-10-8;1-5-2-3-7-6(4-5)8-9-10(7)11;1-3-2-4/h3,5-7,9-11,16,21,29H,2,4,8H2,1H3;3-9,20,28H,1-2H3;2-5,13,21H,1H3,(H,24,25);2,4,6-7,9H,1,3,5H2;2-4,11H,1H3;1H3. The zero-order valence-corrected chi connectivity index (χ0v) is 68.8. The van der Waals surface area contributed by atoms with Crippen LogP contribution in [0.25, 0.3) is 22.1 Å². The smallest absolute Gasteiger partial charge is 0.435 e. The SMILES string of the molecule is CC1=C(C(=O)N2CCCC2c2cccs2)C(c2ccc(Cl)c(Cl)c2)n2nc(C(F)(F)F)cc2N1.CC1=C(C(=O)O)C(c2ccc(Cl)c(Cl)c2)n2nc(C(F)(F)F)cc2N1.CC1=C(C(=O)On2nnc3cc(C)ccc32)C(c2ccc(Cl)c(Cl)c2)n2nc(C(F)(F)F)cc2N1.CN=C=O.Cc1ccc2c(c1)nnn2O.c1csc(C2CCCN2)c1. The number of nitrogens with one attached hydrogen (secondary N) is 4. The molecule has 0 spiro atoms. The number of aryl methyl sites for hydroxylation is 2. The number of thiophene rings is 2. The number of likely N-dealkylation sites (tertiary alicyclic amines) is 1. The lowest BCUT2D eigenvalue weighted by Gasteiger charge is -2.33. The van der Waals surface area contributed by atoms with Crippen molar-refractivity contribution in [3.05, 3.63) is 263 Å². The number of carboxylic acids is 1. The van der Waals surface area contributed by atoms with E-state index in [0.29, 0.717) is 67.6 Å². The van der Waals surface area contributed by atoms with E-state index in [1.165, 1.54) is 79.3 Å². The van der Waals surface area contributed by atoms with Gasteiger partial charge in [0.1, 0.15) is 57.6 Å². The first-order valence-corrected chi connectivity index (χ1v) is 39.6. The van der Waals surface area contributed by atoms with E-state index in [2.05, 4.69) is 79.7 Å². The Morgan fingerprint density at radius 2 is 0.966 bits per heavy atom. The number of alkyl halides is 9. The summed E-state index contributed by atoms with van der Waals surface area (Å²) in [5.41, 5.74) is 3.46. The number of rotatable bonds is 9. The highest BCUT2D eigenvalue weighted by atomic mass is 35.5. The number of hydrogen-bond acceptors (Lipinski definition) is 20. The predicted molar refractivity (Wildman–Crippen MR) is 432 cm³/mol. The van der Waals surface area contributed by atoms with E-state index in [-0.39, 0.29) is 77.1 Å². The molecule has 0 aliphatic carbocycles. The molecule has 1 amide bonds. The van der Waals surface area contributed by atoms with Crippen LogP contribution in [0.2, 0.25) is 30.1 Å². The highest BCUT2D eigenvalue weighted by Gasteiger charge is 2.45. The molecule has 17 rings (SSSR count). The van der Waals surface area contributed by atoms with E-state index in [4.69, 9.17) is 84.4 Å². The second kappa shape index (κ2) is 36.4. The maximum Gasteiger partial charge on any atom is 0.435 e. The molecule has 12 aromatic rings. The van der Waals surface area contributed by atoms with Gasteiger partial charge in [-0.25, -0.2) is 33.4 Å². The Balaban J connectivity index is 0.000000144. The fraction of sp³-hybridized carbons (Fsp3) is 0.260. The van der Waals surface area contributed by atoms with Crippen molar-refractivity contribution in [1.82, 2.24) is 69.9 Å². The number of benzene rings is 5. The molecule has 5 aliphatic rings. The van der Waals surface area contributed by atoms with Gasteiger partial charge in [-0.2, -0.15) is 54.8 Å². The molecular formula is C77H65Cl6F9N18O7S2. The fourth-order valence-electron chi connectivity index (χ4n) is 13.6. The van der Waals surface area contributed by atoms with Gasteiger partial charge in [-0.1, -0.05) is 122 Å². The molecule has 622 valence electrons. The van der Waals surface area contributed by atoms with Gasteiger partial charge >= 0.3 is 30.5 Å². The number of aliphatic carboxylic acids is 1. The number of halogens is 15. The average molecular weight is 1800 g/mol. The van der Waals surface area contributed by atoms with Crippen LogP contribution in [0.5, 0.6) is 0 Å². The quantitative estimate of drug-likeness (QED) is 0.0257. The number of nitrogens with zero attached hydrogens (tertiary/aromatic N) is 14. The van der Waals surface area contributed by atoms with E-state index in [1.807, 2.05) is 54.8 Å². The van der Waals surface area contributed by atoms with Gasteiger partial charge in [0.05, 0.1) is 52.9 Å². The van der Waals surface area contributed by atoms with Gasteiger partial charge in [-0.3, -0.25) is 4.79 Å². The molecule has 0 bridgehead atoms. The van der Waals surface area contributed by atoms with Crippen LogP contribution in [0.1, 0.15) is 131 Å². The molecule has 119 heavy (non-hydrogen) atoms. The van der Waals surface area contributed by atoms with Gasteiger partial charge in [-0.15, -0.1) is 32.9 Å². The summed E-state index contributed by atoms with van der Waals surface area (Å²) < 4.78 is 123. The lowest BCUT2D eigenvalue weighted by Crippen LogP contribution is -2.38. The third-order valence-corrected chi connectivity index (χ3v) is 23.2. The summed E-state index contributed by atoms with van der Waals surface area (Å²) in [6.45, 7) is 10.3. The molecule has 25 nitrogen and oxygen atoms in total. The van der Waals surface area contributed by atoms with Crippen LogP contribution in [-0.2, 0) is 37.7 Å². The minimum absolute atomic E-state index is 0.00322. The molecule has 2 saturated heterocycles. The van der Waals surface area contributed by atoms with Crippen molar-refractivity contribution in [2.24, 2.45) is 4.99 Å². The Morgan fingerprint density at radius 3 is 1.39 bits per heavy atom. The number of aliphatic imine (C=N–C) groups is 1. The third-order valence-electron chi connectivity index (χ3n) is 19.0. The highest BCUT2D eigenvalue weighted by Crippen LogP contribution is 2.47. The minimum Gasteiger partial charge on any atom is -0.478 e. The van der Waals surface area contributed by atoms with Crippen LogP contribution in [0.15, 0.2) is 183 Å². The summed E-state index contributed by atoms with van der Waals surface area (Å²) in [7, 11) is 1.38. The summed E-state index contributed by atoms with van der Waals surface area (Å²) >= 11 is 39.8. The number of carbonyl (C=O) groups is 3. The Hall–Kier alpha value is -10.8. The van der Waals surface area contributed by atoms with Crippen molar-refractivity contribution in [1.29, 1.82) is 0 Å². The number of allylic oxidation sites excluding steroid dienone is 3. The van der Waals surface area contributed by atoms with Gasteiger partial charge in [0.25, 0.3) is 5.91 Å². The largest absolute Gasteiger partial charge is 0.478 e. The van der Waals surface area contributed by atoms with Gasteiger partial charge in [0, 0.05) is 64.7 Å². The van der Waals surface area contributed by atoms with Gasteiger partial charge in [0.15, 0.2) is 17.1 Å². The first-order chi connectivity index (χ1) is 56.4. The van der Waals surface area contributed by atoms with E-state index in [9.17, 15) is 59.0 Å². The van der Waals surface area contributed by atoms with E-state index in [1.54, 1.807) is 78.6 Å². The van der Waals surface area contributed by atoms with Gasteiger partial charge in [-0.05, 0) is 189 Å². The molecule has 6 N–H and O–H groups in total. The number of aromatic nitrogens is 12. The topological polar surface area (TPSA) is 297 Å². The van der Waals surface area contributed by atoms with Crippen LogP contribution in [-0.4, -0.2) is 119 Å². The van der Waals surface area contributed by atoms with Gasteiger partial charge < -0.3 is 41.3 Å². The van der Waals surface area contributed by atoms with Crippen molar-refractivity contribution >= 4 is 156 Å². The second-order valence-corrected chi connectivity index (χ2v) is 31.5. The van der Waals surface area contributed by atoms with Crippen LogP contribution >= 0.6 is 92.3 Å². The summed E-state index contributed by atoms with van der Waals surface area (Å²) in [6.07, 6.45) is -8.36. The molecule has 0 saturated carbocycles. The Kier molecular flexibility index (Phi) is 26.8. The molecular weight excluding hydrogens is 1740 g/mol. The molecule has 42 heteroatoms. The molecule has 5 aromatic carbocycles. The summed E-state index contributed by atoms with van der Waals surface area (Å²) in [5, 5.41) is 62.1. The third kappa shape index (κ3) is 19.6. The second-order valence-electron chi connectivity index (χ2n) is 27.1. The number of carbonyl (C=O) groups excluding carboxylic acids is 3. The fourth-order valence-corrected chi connectivity index (χ4v) is 16.2. The first kappa shape index (κ1) is 87.5. The number of amides is 1. The van der Waals surface area contributed by atoms with Crippen molar-refractivity contribution in [2.75, 3.05) is 36.1 Å². The van der Waals surface area contributed by atoms with E-state index < -0.39 is 65.7 Å². The molecule has 2 fully saturated rings. The Bertz CT molecular complexity index is 5950. The first-order valence-electron chi connectivity index (χ1n) is 35.6. The van der Waals surface area contributed by atoms with Crippen molar-refractivity contribution in [3.63, 3.8) is 0 Å². The number of carboxylic acid groups (broad SMARTS) is 1. The van der Waals surface area contributed by atoms with Crippen molar-refractivity contribution < 1.29 is 73.8 Å². The number of anilines is 3. The van der Waals surface area contributed by atoms with Crippen LogP contribution in [0.4, 0.5) is 57.0 Å². The van der Waals surface area contributed by atoms with Crippen LogP contribution in [0, 0.1) is 13.8 Å². The molecule has 12 heterocycles. The summed E-state index contributed by atoms with van der Waals surface area (Å²) in [6, 6.07) is 32.9. The number of isocyanates is 1. The number of fused-ring (bicyclic) bond motifs is 5. The van der Waals surface area contributed by atoms with Crippen LogP contribution in [0.3, 0.4) is 0 Å². The summed E-state index contributed by atoms with van der Waals surface area (Å²) in [5.74, 6) is -2.17. The lowest BCUT2D eigenvalue weighted by molar-refractivity contribution is -0.142. The molecule has 7 aromatic heterocycles. The Morgan fingerprint density at radius 1 is 0.538 bits per heavy atom. The maximum atomic E-state index is 14.0.